The number of aromatic nitrogens is 1. The van der Waals surface area contributed by atoms with Gasteiger partial charge >= 0.3 is 0 Å². The molecule has 0 bridgehead atoms. The fourth-order valence-corrected chi connectivity index (χ4v) is 5.75. The number of thiazole rings is 1. The Labute approximate surface area is 180 Å². The van der Waals surface area contributed by atoms with Crippen LogP contribution in [0.2, 0.25) is 0 Å². The molecule has 1 atom stereocenters. The standard InChI is InChI=1S/C22H23N3O3S2/c1-3-30(27,28)25-14-18-12-8-7-11-17(18)13-19(25)21(26)24-22-23-20(15(2)29-22)16-9-5-4-6-10-16/h4-12,19H,3,13-14H2,1-2H3,(H,23,24,26). The Balaban J connectivity index is 1.62. The van der Waals surface area contributed by atoms with E-state index in [9.17, 15) is 13.2 Å². The smallest absolute Gasteiger partial charge is 0.244 e. The predicted molar refractivity (Wildman–Crippen MR) is 120 cm³/mol. The zero-order valence-corrected chi connectivity index (χ0v) is 18.5. The molecule has 1 aliphatic rings. The molecule has 2 aromatic carbocycles. The first-order valence-electron chi connectivity index (χ1n) is 9.79. The zero-order chi connectivity index (χ0) is 21.3. The third-order valence-corrected chi connectivity index (χ3v) is 8.02. The first kappa shape index (κ1) is 20.7. The van der Waals surface area contributed by atoms with E-state index in [2.05, 4.69) is 10.3 Å². The van der Waals surface area contributed by atoms with Gasteiger partial charge in [-0.1, -0.05) is 54.6 Å². The fourth-order valence-electron chi connectivity index (χ4n) is 3.68. The van der Waals surface area contributed by atoms with Crippen LogP contribution in [0.25, 0.3) is 11.3 Å². The number of carbonyl (C=O) groups excluding carboxylic acids is 1. The first-order valence-corrected chi connectivity index (χ1v) is 12.2. The molecule has 4 rings (SSSR count). The average Bonchev–Trinajstić information content (AvgIpc) is 3.13. The molecule has 0 saturated carbocycles. The average molecular weight is 442 g/mol. The highest BCUT2D eigenvalue weighted by molar-refractivity contribution is 7.89. The molecule has 156 valence electrons. The van der Waals surface area contributed by atoms with Gasteiger partial charge in [-0.3, -0.25) is 4.79 Å². The van der Waals surface area contributed by atoms with E-state index in [1.165, 1.54) is 15.6 Å². The molecule has 0 aliphatic carbocycles. The molecule has 8 heteroatoms. The number of nitrogens with zero attached hydrogens (tertiary/aromatic N) is 2. The summed E-state index contributed by atoms with van der Waals surface area (Å²) in [4.78, 5) is 18.7. The Morgan fingerprint density at radius 2 is 1.80 bits per heavy atom. The van der Waals surface area contributed by atoms with Crippen LogP contribution in [0.1, 0.15) is 22.9 Å². The molecule has 2 heterocycles. The summed E-state index contributed by atoms with van der Waals surface area (Å²) in [7, 11) is -3.54. The van der Waals surface area contributed by atoms with Gasteiger partial charge in [-0.2, -0.15) is 4.31 Å². The topological polar surface area (TPSA) is 79.4 Å². The zero-order valence-electron chi connectivity index (χ0n) is 16.8. The molecule has 0 fully saturated rings. The lowest BCUT2D eigenvalue weighted by molar-refractivity contribution is -0.120. The first-order chi connectivity index (χ1) is 14.4. The minimum Gasteiger partial charge on any atom is -0.301 e. The Kier molecular flexibility index (Phi) is 5.73. The van der Waals surface area contributed by atoms with E-state index in [1.54, 1.807) is 6.92 Å². The second-order valence-electron chi connectivity index (χ2n) is 7.21. The Morgan fingerprint density at radius 3 is 2.50 bits per heavy atom. The van der Waals surface area contributed by atoms with Gasteiger partial charge in [0.25, 0.3) is 0 Å². The highest BCUT2D eigenvalue weighted by Gasteiger charge is 2.38. The Bertz CT molecular complexity index is 1170. The predicted octanol–water partition coefficient (Wildman–Crippen LogP) is 3.83. The van der Waals surface area contributed by atoms with Crippen LogP contribution in [0.5, 0.6) is 0 Å². The number of nitrogens with one attached hydrogen (secondary N) is 1. The number of rotatable bonds is 5. The maximum absolute atomic E-state index is 13.2. The number of sulfonamides is 1. The van der Waals surface area contributed by atoms with E-state index in [0.29, 0.717) is 11.6 Å². The number of amides is 1. The molecule has 3 aromatic rings. The second-order valence-corrected chi connectivity index (χ2v) is 10.6. The van der Waals surface area contributed by atoms with Crippen molar-refractivity contribution >= 4 is 32.4 Å². The van der Waals surface area contributed by atoms with Crippen molar-refractivity contribution < 1.29 is 13.2 Å². The summed E-state index contributed by atoms with van der Waals surface area (Å²) in [5.74, 6) is -0.400. The lowest BCUT2D eigenvalue weighted by atomic mass is 9.95. The summed E-state index contributed by atoms with van der Waals surface area (Å²) >= 11 is 1.39. The number of fused-ring (bicyclic) bond motifs is 1. The third-order valence-electron chi connectivity index (χ3n) is 5.30. The highest BCUT2D eigenvalue weighted by atomic mass is 32.2. The number of carbonyl (C=O) groups is 1. The molecule has 0 radical (unpaired) electrons. The minimum atomic E-state index is -3.54. The van der Waals surface area contributed by atoms with Gasteiger partial charge in [-0.25, -0.2) is 13.4 Å². The molecule has 0 saturated heterocycles. The molecule has 1 unspecified atom stereocenters. The van der Waals surface area contributed by atoms with Gasteiger partial charge in [0.1, 0.15) is 6.04 Å². The molecular formula is C22H23N3O3S2. The molecule has 6 nitrogen and oxygen atoms in total. The van der Waals surface area contributed by atoms with Gasteiger partial charge in [0.2, 0.25) is 15.9 Å². The van der Waals surface area contributed by atoms with Gasteiger partial charge < -0.3 is 5.32 Å². The van der Waals surface area contributed by atoms with Crippen LogP contribution < -0.4 is 5.32 Å². The van der Waals surface area contributed by atoms with Crippen molar-refractivity contribution in [3.05, 3.63) is 70.6 Å². The summed E-state index contributed by atoms with van der Waals surface area (Å²) in [5, 5.41) is 3.34. The summed E-state index contributed by atoms with van der Waals surface area (Å²) in [6, 6.07) is 16.6. The molecule has 1 aliphatic heterocycles. The lowest BCUT2D eigenvalue weighted by Gasteiger charge is -2.34. The number of anilines is 1. The monoisotopic (exact) mass is 441 g/mol. The highest BCUT2D eigenvalue weighted by Crippen LogP contribution is 2.31. The van der Waals surface area contributed by atoms with Crippen LogP contribution in [0.4, 0.5) is 5.13 Å². The van der Waals surface area contributed by atoms with E-state index in [0.717, 1.165) is 27.3 Å². The summed E-state index contributed by atoms with van der Waals surface area (Å²) in [6.07, 6.45) is 0.344. The maximum Gasteiger partial charge on any atom is 0.244 e. The van der Waals surface area contributed by atoms with Crippen molar-refractivity contribution in [2.75, 3.05) is 11.1 Å². The largest absolute Gasteiger partial charge is 0.301 e. The van der Waals surface area contributed by atoms with Gasteiger partial charge in [0, 0.05) is 17.0 Å². The summed E-state index contributed by atoms with van der Waals surface area (Å²) < 4.78 is 26.7. The number of hydrogen-bond donors (Lipinski definition) is 1. The Morgan fingerprint density at radius 1 is 1.13 bits per heavy atom. The van der Waals surface area contributed by atoms with Gasteiger partial charge in [0.15, 0.2) is 5.13 Å². The van der Waals surface area contributed by atoms with Crippen molar-refractivity contribution in [1.29, 1.82) is 0 Å². The van der Waals surface area contributed by atoms with E-state index in [4.69, 9.17) is 0 Å². The van der Waals surface area contributed by atoms with Crippen LogP contribution in [-0.2, 0) is 27.8 Å². The maximum atomic E-state index is 13.2. The van der Waals surface area contributed by atoms with Crippen molar-refractivity contribution in [2.24, 2.45) is 0 Å². The van der Waals surface area contributed by atoms with Crippen LogP contribution in [0.3, 0.4) is 0 Å². The number of benzene rings is 2. The van der Waals surface area contributed by atoms with Gasteiger partial charge in [-0.05, 0) is 31.4 Å². The second kappa shape index (κ2) is 8.29. The fraction of sp³-hybridized carbons (Fsp3) is 0.273. The third kappa shape index (κ3) is 4.03. The van der Waals surface area contributed by atoms with Crippen molar-refractivity contribution in [1.82, 2.24) is 9.29 Å². The van der Waals surface area contributed by atoms with Crippen LogP contribution in [0.15, 0.2) is 54.6 Å². The van der Waals surface area contributed by atoms with Crippen LogP contribution in [-0.4, -0.2) is 35.4 Å². The quantitative estimate of drug-likeness (QED) is 0.653. The molecule has 1 aromatic heterocycles. The molecular weight excluding hydrogens is 418 g/mol. The molecule has 1 amide bonds. The van der Waals surface area contributed by atoms with Crippen molar-refractivity contribution in [3.8, 4) is 11.3 Å². The molecule has 30 heavy (non-hydrogen) atoms. The Hall–Kier alpha value is -2.55. The van der Waals surface area contributed by atoms with Crippen molar-refractivity contribution in [2.45, 2.75) is 32.9 Å². The minimum absolute atomic E-state index is 0.0482. The van der Waals surface area contributed by atoms with Crippen LogP contribution >= 0.6 is 11.3 Å². The van der Waals surface area contributed by atoms with Crippen molar-refractivity contribution in [3.63, 3.8) is 0 Å². The van der Waals surface area contributed by atoms with E-state index < -0.39 is 16.1 Å². The van der Waals surface area contributed by atoms with E-state index in [-0.39, 0.29) is 18.2 Å². The summed E-state index contributed by atoms with van der Waals surface area (Å²) in [5.41, 5.74) is 3.74. The van der Waals surface area contributed by atoms with E-state index >= 15 is 0 Å². The normalized spacial score (nSPS) is 16.8. The van der Waals surface area contributed by atoms with E-state index in [1.807, 2.05) is 61.5 Å². The van der Waals surface area contributed by atoms with Gasteiger partial charge in [0.05, 0.1) is 11.4 Å². The summed E-state index contributed by atoms with van der Waals surface area (Å²) in [6.45, 7) is 3.76. The molecule has 1 N–H and O–H groups in total. The molecule has 0 spiro atoms. The lowest BCUT2D eigenvalue weighted by Crippen LogP contribution is -2.51. The number of hydrogen-bond acceptors (Lipinski definition) is 5. The number of aryl methyl sites for hydroxylation is 1. The van der Waals surface area contributed by atoms with Crippen LogP contribution in [0, 0.1) is 6.92 Å². The van der Waals surface area contributed by atoms with Gasteiger partial charge in [-0.15, -0.1) is 11.3 Å². The SMILES string of the molecule is CCS(=O)(=O)N1Cc2ccccc2CC1C(=O)Nc1nc(-c2ccccc2)c(C)s1.